The molecule has 5 N–H and O–H groups in total. The van der Waals surface area contributed by atoms with Crippen molar-refractivity contribution in [2.45, 2.75) is 43.7 Å². The highest BCUT2D eigenvalue weighted by atomic mass is 16.6. The van der Waals surface area contributed by atoms with Gasteiger partial charge in [-0.2, -0.15) is 0 Å². The maximum atomic E-state index is 12.6. The number of alkyl carbamates (subject to hydrolysis) is 1. The lowest BCUT2D eigenvalue weighted by Gasteiger charge is -2.36. The molecule has 5 aromatic carbocycles. The zero-order valence-electron chi connectivity index (χ0n) is 29.8. The topological polar surface area (TPSA) is 181 Å². The largest absolute Gasteiger partial charge is 0.508 e. The number of rotatable bonds is 10. The molecule has 12 nitrogen and oxygen atoms in total. The third-order valence-corrected chi connectivity index (χ3v) is 10.0. The Morgan fingerprint density at radius 2 is 1.44 bits per heavy atom. The fourth-order valence-corrected chi connectivity index (χ4v) is 7.49. The Kier molecular flexibility index (Phi) is 10.1. The molecule has 0 bridgehead atoms. The Bertz CT molecular complexity index is 2210. The first-order valence-electron chi connectivity index (χ1n) is 17.8. The fraction of sp³-hybridized carbons (Fsp3) is 0.209. The number of benzene rings is 5. The standard InChI is InChI=1S/C22H24N2O5.C21H14O5/c25-14-24-20(21(26)27)11-5-6-12-23-22(28)29-13-19-17-9-3-1-7-15(17)16-8-2-4-10-18(16)19;1-11-2-5-14-17(8-11)21(26-20(14)24)15-6-3-12(22)9-18(15)25-19-10-13(23)4-7-16(19)21/h1-4,7-10,14,19-20H,5-6,11-13H2,(H,23,28)(H,24,25)(H,26,27);2-10,22-23H,1H3. The van der Waals surface area contributed by atoms with Crippen molar-refractivity contribution in [2.75, 3.05) is 13.2 Å². The van der Waals surface area contributed by atoms with Gasteiger partial charge in [-0.3, -0.25) is 4.79 Å². The summed E-state index contributed by atoms with van der Waals surface area (Å²) in [5, 5.41) is 33.7. The summed E-state index contributed by atoms with van der Waals surface area (Å²) in [6, 6.07) is 30.4. The van der Waals surface area contributed by atoms with E-state index in [0.29, 0.717) is 60.4 Å². The lowest BCUT2D eigenvalue weighted by Crippen LogP contribution is -2.35. The third-order valence-electron chi connectivity index (χ3n) is 10.0. The van der Waals surface area contributed by atoms with Crippen molar-refractivity contribution in [3.63, 3.8) is 0 Å². The van der Waals surface area contributed by atoms with E-state index in [0.717, 1.165) is 22.3 Å². The number of amides is 2. The average molecular weight is 743 g/mol. The highest BCUT2D eigenvalue weighted by Crippen LogP contribution is 2.57. The minimum atomic E-state index is -1.18. The van der Waals surface area contributed by atoms with E-state index < -0.39 is 29.7 Å². The minimum absolute atomic E-state index is 0.0129. The van der Waals surface area contributed by atoms with Crippen molar-refractivity contribution in [2.24, 2.45) is 0 Å². The number of nitrogens with one attached hydrogen (secondary N) is 2. The van der Waals surface area contributed by atoms with Gasteiger partial charge in [0, 0.05) is 41.3 Å². The number of carbonyl (C=O) groups excluding carboxylic acids is 3. The highest BCUT2D eigenvalue weighted by Gasteiger charge is 2.53. The van der Waals surface area contributed by atoms with Crippen molar-refractivity contribution in [1.82, 2.24) is 10.6 Å². The minimum Gasteiger partial charge on any atom is -0.508 e. The van der Waals surface area contributed by atoms with E-state index in [4.69, 9.17) is 19.3 Å². The van der Waals surface area contributed by atoms with Crippen LogP contribution in [0.3, 0.4) is 0 Å². The highest BCUT2D eigenvalue weighted by molar-refractivity contribution is 5.97. The molecule has 8 rings (SSSR count). The monoisotopic (exact) mass is 742 g/mol. The molecule has 2 heterocycles. The number of hydrogen-bond acceptors (Lipinski definition) is 9. The third kappa shape index (κ3) is 7.01. The van der Waals surface area contributed by atoms with Crippen molar-refractivity contribution in [1.29, 1.82) is 0 Å². The molecule has 5 aromatic rings. The number of aryl methyl sites for hydroxylation is 1. The van der Waals surface area contributed by atoms with E-state index in [9.17, 15) is 29.4 Å². The molecule has 2 aliphatic heterocycles. The molecule has 55 heavy (non-hydrogen) atoms. The van der Waals surface area contributed by atoms with Gasteiger partial charge < -0.3 is 40.2 Å². The second kappa shape index (κ2) is 15.3. The van der Waals surface area contributed by atoms with Crippen LogP contribution in [-0.2, 0) is 24.7 Å². The maximum absolute atomic E-state index is 12.6. The molecule has 1 unspecified atom stereocenters. The van der Waals surface area contributed by atoms with Crippen LogP contribution >= 0.6 is 0 Å². The number of hydrogen-bond donors (Lipinski definition) is 5. The molecule has 280 valence electrons. The second-order valence-electron chi connectivity index (χ2n) is 13.5. The summed E-state index contributed by atoms with van der Waals surface area (Å²) in [6.45, 7) is 2.58. The number of aliphatic carboxylic acids is 1. The van der Waals surface area contributed by atoms with Gasteiger partial charge in [0.1, 0.15) is 35.6 Å². The number of esters is 1. The van der Waals surface area contributed by atoms with Crippen LogP contribution in [0, 0.1) is 6.92 Å². The number of phenols is 2. The first-order chi connectivity index (χ1) is 26.6. The van der Waals surface area contributed by atoms with Crippen molar-refractivity contribution in [3.05, 3.63) is 142 Å². The summed E-state index contributed by atoms with van der Waals surface area (Å²) >= 11 is 0. The molecule has 1 spiro atoms. The Balaban J connectivity index is 0.000000170. The van der Waals surface area contributed by atoms with E-state index in [1.165, 1.54) is 35.4 Å². The fourth-order valence-electron chi connectivity index (χ4n) is 7.49. The van der Waals surface area contributed by atoms with Crippen LogP contribution < -0.4 is 15.4 Å². The van der Waals surface area contributed by atoms with Gasteiger partial charge in [-0.1, -0.05) is 66.2 Å². The summed E-state index contributed by atoms with van der Waals surface area (Å²) in [5.41, 5.74) is 6.96. The van der Waals surface area contributed by atoms with E-state index in [2.05, 4.69) is 34.9 Å². The molecule has 0 radical (unpaired) electrons. The van der Waals surface area contributed by atoms with Crippen LogP contribution in [0.5, 0.6) is 23.0 Å². The van der Waals surface area contributed by atoms with Gasteiger partial charge in [0.25, 0.3) is 0 Å². The number of carboxylic acid groups (broad SMARTS) is 1. The van der Waals surface area contributed by atoms with Crippen molar-refractivity contribution in [3.8, 4) is 34.1 Å². The lowest BCUT2D eigenvalue weighted by molar-refractivity contribution is -0.140. The van der Waals surface area contributed by atoms with Crippen LogP contribution in [0.25, 0.3) is 11.1 Å². The van der Waals surface area contributed by atoms with Crippen molar-refractivity contribution >= 4 is 24.4 Å². The van der Waals surface area contributed by atoms with Gasteiger partial charge in [0.05, 0.1) is 5.56 Å². The molecular weight excluding hydrogens is 704 g/mol. The van der Waals surface area contributed by atoms with Crippen LogP contribution in [0.2, 0.25) is 0 Å². The zero-order chi connectivity index (χ0) is 38.7. The second-order valence-corrected chi connectivity index (χ2v) is 13.5. The summed E-state index contributed by atoms with van der Waals surface area (Å²) in [5.74, 6) is -0.636. The maximum Gasteiger partial charge on any atom is 0.407 e. The summed E-state index contributed by atoms with van der Waals surface area (Å²) in [6.07, 6.45) is 1.34. The summed E-state index contributed by atoms with van der Waals surface area (Å²) in [4.78, 5) is 46.0. The normalized spacial score (nSPS) is 14.3. The molecule has 2 amide bonds. The molecule has 0 aromatic heterocycles. The van der Waals surface area contributed by atoms with Crippen LogP contribution in [-0.4, -0.2) is 59.0 Å². The molecule has 1 atom stereocenters. The summed E-state index contributed by atoms with van der Waals surface area (Å²) in [7, 11) is 0. The molecule has 0 saturated carbocycles. The number of carboxylic acids is 1. The van der Waals surface area contributed by atoms with Gasteiger partial charge in [0.2, 0.25) is 6.41 Å². The van der Waals surface area contributed by atoms with E-state index in [1.807, 2.05) is 43.3 Å². The molecule has 0 fully saturated rings. The van der Waals surface area contributed by atoms with Crippen LogP contribution in [0.15, 0.2) is 103 Å². The molecule has 1 aliphatic carbocycles. The zero-order valence-corrected chi connectivity index (χ0v) is 29.8. The van der Waals surface area contributed by atoms with Crippen LogP contribution in [0.4, 0.5) is 4.79 Å². The first-order valence-corrected chi connectivity index (χ1v) is 17.8. The van der Waals surface area contributed by atoms with Gasteiger partial charge in [-0.15, -0.1) is 0 Å². The first kappa shape index (κ1) is 36.5. The SMILES string of the molecule is Cc1ccc2c(c1)C1(OC2=O)c2ccc(O)cc2Oc2cc(O)ccc21.O=CNC(CCCCNC(=O)OCC1c2ccccc2-c2ccccc21)C(=O)O. The predicted molar refractivity (Wildman–Crippen MR) is 200 cm³/mol. The number of carbonyl (C=O) groups is 4. The molecule has 0 saturated heterocycles. The Hall–Kier alpha value is -6.82. The van der Waals surface area contributed by atoms with E-state index >= 15 is 0 Å². The van der Waals surface area contributed by atoms with Gasteiger partial charge in [0.15, 0.2) is 5.60 Å². The Labute approximate surface area is 316 Å². The number of phenolic OH excluding ortho intramolecular Hbond substituents is 2. The van der Waals surface area contributed by atoms with Crippen molar-refractivity contribution < 1.29 is 48.7 Å². The molecular formula is C43H38N2O10. The number of fused-ring (bicyclic) bond motifs is 9. The van der Waals surface area contributed by atoms with Gasteiger partial charge in [-0.25, -0.2) is 14.4 Å². The average Bonchev–Trinajstić information content (AvgIpc) is 3.64. The quantitative estimate of drug-likeness (QED) is 0.0576. The lowest BCUT2D eigenvalue weighted by atomic mass is 9.77. The van der Waals surface area contributed by atoms with E-state index in [1.54, 1.807) is 18.2 Å². The van der Waals surface area contributed by atoms with Crippen LogP contribution in [0.1, 0.15) is 68.9 Å². The van der Waals surface area contributed by atoms with E-state index in [-0.39, 0.29) is 24.0 Å². The van der Waals surface area contributed by atoms with Gasteiger partial charge >= 0.3 is 18.0 Å². The van der Waals surface area contributed by atoms with Gasteiger partial charge in [-0.05, 0) is 78.8 Å². The molecule has 3 aliphatic rings. The predicted octanol–water partition coefficient (Wildman–Crippen LogP) is 6.87. The number of aromatic hydroxyl groups is 2. The smallest absolute Gasteiger partial charge is 0.407 e. The number of unbranched alkanes of at least 4 members (excludes halogenated alkanes) is 1. The Morgan fingerprint density at radius 1 is 0.818 bits per heavy atom. The number of ether oxygens (including phenoxy) is 3. The summed E-state index contributed by atoms with van der Waals surface area (Å²) < 4.78 is 17.3. The molecule has 12 heteroatoms. The Morgan fingerprint density at radius 3 is 2.04 bits per heavy atom.